The zero-order valence-corrected chi connectivity index (χ0v) is 13.7. The molecule has 0 N–H and O–H groups in total. The number of nitrogens with zero attached hydrogens (tertiary/aromatic N) is 1. The fourth-order valence-electron chi connectivity index (χ4n) is 2.42. The molecule has 0 saturated heterocycles. The van der Waals surface area contributed by atoms with Crippen LogP contribution in [0.4, 0.5) is 0 Å². The van der Waals surface area contributed by atoms with E-state index in [-0.39, 0.29) is 0 Å². The third-order valence-corrected chi connectivity index (χ3v) is 4.69. The molecule has 1 aromatic heterocycles. The Kier molecular flexibility index (Phi) is 3.06. The number of benzene rings is 2. The van der Waals surface area contributed by atoms with Gasteiger partial charge in [-0.2, -0.15) is 0 Å². The first-order valence-corrected chi connectivity index (χ1v) is 7.74. The second-order valence-corrected chi connectivity index (χ2v) is 6.45. The summed E-state index contributed by atoms with van der Waals surface area (Å²) in [6.07, 6.45) is 0. The van der Waals surface area contributed by atoms with Crippen LogP contribution < -0.4 is 0 Å². The molecule has 1 nitrogen and oxygen atoms in total. The van der Waals surface area contributed by atoms with Crippen LogP contribution in [-0.4, -0.2) is 4.57 Å². The molecule has 0 spiro atoms. The number of aromatic nitrogens is 1. The normalized spacial score (nSPS) is 11.5. The minimum atomic E-state index is 1.01. The van der Waals surface area contributed by atoms with Gasteiger partial charge in [0.25, 0.3) is 0 Å². The Morgan fingerprint density at radius 3 is 2.65 bits per heavy atom. The summed E-state index contributed by atoms with van der Waals surface area (Å²) in [5, 5.41) is 2.77. The monoisotopic (exact) mass is 447 g/mol. The van der Waals surface area contributed by atoms with E-state index < -0.39 is 0 Å². The highest BCUT2D eigenvalue weighted by Gasteiger charge is 2.11. The summed E-state index contributed by atoms with van der Waals surface area (Å²) in [4.78, 5) is 0. The minimum Gasteiger partial charge on any atom is -0.341 e. The SMILES string of the molecule is CCn1c2ccc(I)cc2c2c(I)cccc21. The molecule has 3 rings (SSSR count). The van der Waals surface area contributed by atoms with Gasteiger partial charge in [-0.1, -0.05) is 6.07 Å². The van der Waals surface area contributed by atoms with Crippen LogP contribution in [0.15, 0.2) is 36.4 Å². The first kappa shape index (κ1) is 11.8. The fourth-order valence-corrected chi connectivity index (χ4v) is 3.68. The third-order valence-electron chi connectivity index (χ3n) is 3.12. The molecule has 3 aromatic rings. The van der Waals surface area contributed by atoms with E-state index in [1.807, 2.05) is 0 Å². The first-order valence-electron chi connectivity index (χ1n) is 5.58. The van der Waals surface area contributed by atoms with Crippen molar-refractivity contribution in [2.45, 2.75) is 13.5 Å². The first-order chi connectivity index (χ1) is 8.22. The van der Waals surface area contributed by atoms with Crippen molar-refractivity contribution in [3.63, 3.8) is 0 Å². The average Bonchev–Trinajstić information content (AvgIpc) is 2.63. The lowest BCUT2D eigenvalue weighted by Gasteiger charge is -2.02. The van der Waals surface area contributed by atoms with Gasteiger partial charge in [0.1, 0.15) is 0 Å². The van der Waals surface area contributed by atoms with Gasteiger partial charge >= 0.3 is 0 Å². The predicted molar refractivity (Wildman–Crippen MR) is 90.6 cm³/mol. The van der Waals surface area contributed by atoms with E-state index in [2.05, 4.69) is 93.1 Å². The summed E-state index contributed by atoms with van der Waals surface area (Å²) < 4.78 is 5.02. The predicted octanol–water partition coefficient (Wildman–Crippen LogP) is 5.02. The van der Waals surface area contributed by atoms with Crippen molar-refractivity contribution in [2.75, 3.05) is 0 Å². The van der Waals surface area contributed by atoms with Crippen LogP contribution in [-0.2, 0) is 6.54 Å². The maximum Gasteiger partial charge on any atom is 0.0502 e. The van der Waals surface area contributed by atoms with Crippen molar-refractivity contribution in [1.29, 1.82) is 0 Å². The second-order valence-electron chi connectivity index (χ2n) is 4.04. The van der Waals surface area contributed by atoms with E-state index in [9.17, 15) is 0 Å². The summed E-state index contributed by atoms with van der Waals surface area (Å²) >= 11 is 4.81. The fraction of sp³-hybridized carbons (Fsp3) is 0.143. The van der Waals surface area contributed by atoms with Crippen molar-refractivity contribution in [3.8, 4) is 0 Å². The third kappa shape index (κ3) is 1.78. The lowest BCUT2D eigenvalue weighted by molar-refractivity contribution is 0.827. The molecule has 0 fully saturated rings. The maximum absolute atomic E-state index is 2.43. The molecular weight excluding hydrogens is 436 g/mol. The van der Waals surface area contributed by atoms with Gasteiger partial charge in [-0.15, -0.1) is 0 Å². The highest BCUT2D eigenvalue weighted by Crippen LogP contribution is 2.33. The topological polar surface area (TPSA) is 4.93 Å². The lowest BCUT2D eigenvalue weighted by Crippen LogP contribution is -1.92. The molecule has 0 saturated carbocycles. The van der Waals surface area contributed by atoms with Gasteiger partial charge in [-0.3, -0.25) is 0 Å². The summed E-state index contributed by atoms with van der Waals surface area (Å²) in [7, 11) is 0. The van der Waals surface area contributed by atoms with E-state index in [0.717, 1.165) is 6.54 Å². The Labute approximate surface area is 127 Å². The molecular formula is C14H11I2N. The van der Waals surface area contributed by atoms with Crippen LogP contribution in [0.5, 0.6) is 0 Å². The Balaban J connectivity index is 2.62. The quantitative estimate of drug-likeness (QED) is 0.462. The molecule has 0 aliphatic heterocycles. The smallest absolute Gasteiger partial charge is 0.0502 e. The van der Waals surface area contributed by atoms with Crippen LogP contribution in [0.25, 0.3) is 21.8 Å². The Morgan fingerprint density at radius 2 is 1.88 bits per heavy atom. The highest BCUT2D eigenvalue weighted by atomic mass is 127. The second kappa shape index (κ2) is 4.42. The zero-order chi connectivity index (χ0) is 12.0. The molecule has 0 atom stereocenters. The number of hydrogen-bond acceptors (Lipinski definition) is 0. The van der Waals surface area contributed by atoms with Gasteiger partial charge in [-0.25, -0.2) is 0 Å². The Hall–Kier alpha value is -0.300. The van der Waals surface area contributed by atoms with E-state index in [1.54, 1.807) is 0 Å². The lowest BCUT2D eigenvalue weighted by atomic mass is 10.2. The summed E-state index contributed by atoms with van der Waals surface area (Å²) in [6, 6.07) is 13.2. The van der Waals surface area contributed by atoms with Crippen LogP contribution in [0.3, 0.4) is 0 Å². The van der Waals surface area contributed by atoms with E-state index >= 15 is 0 Å². The molecule has 0 aliphatic rings. The molecule has 0 bridgehead atoms. The molecule has 1 heterocycles. The van der Waals surface area contributed by atoms with Crippen LogP contribution in [0, 0.1) is 7.14 Å². The van der Waals surface area contributed by atoms with E-state index in [0.29, 0.717) is 0 Å². The van der Waals surface area contributed by atoms with Gasteiger partial charge in [0, 0.05) is 30.0 Å². The molecule has 0 aliphatic carbocycles. The molecule has 2 aromatic carbocycles. The van der Waals surface area contributed by atoms with Crippen molar-refractivity contribution in [2.24, 2.45) is 0 Å². The van der Waals surface area contributed by atoms with Crippen LogP contribution in [0.2, 0.25) is 0 Å². The number of fused-ring (bicyclic) bond motifs is 3. The van der Waals surface area contributed by atoms with Gasteiger partial charge in [0.15, 0.2) is 0 Å². The molecule has 86 valence electrons. The standard InChI is InChI=1S/C14H11I2N/c1-2-17-12-7-6-9(15)8-10(12)14-11(16)4-3-5-13(14)17/h3-8H,2H2,1H3. The van der Waals surface area contributed by atoms with Crippen molar-refractivity contribution >= 4 is 67.0 Å². The molecule has 0 unspecified atom stereocenters. The van der Waals surface area contributed by atoms with Crippen LogP contribution >= 0.6 is 45.2 Å². The maximum atomic E-state index is 2.43. The number of halogens is 2. The zero-order valence-electron chi connectivity index (χ0n) is 9.37. The van der Waals surface area contributed by atoms with Gasteiger partial charge in [0.2, 0.25) is 0 Å². The van der Waals surface area contributed by atoms with E-state index in [1.165, 1.54) is 28.9 Å². The Bertz CT molecular complexity index is 713. The summed E-state index contributed by atoms with van der Waals surface area (Å²) in [5.74, 6) is 0. The van der Waals surface area contributed by atoms with Crippen LogP contribution in [0.1, 0.15) is 6.92 Å². The minimum absolute atomic E-state index is 1.01. The van der Waals surface area contributed by atoms with Gasteiger partial charge in [-0.05, 0) is 82.4 Å². The van der Waals surface area contributed by atoms with Crippen molar-refractivity contribution in [1.82, 2.24) is 4.57 Å². The Morgan fingerprint density at radius 1 is 1.06 bits per heavy atom. The number of aryl methyl sites for hydroxylation is 1. The molecule has 17 heavy (non-hydrogen) atoms. The van der Waals surface area contributed by atoms with Gasteiger partial charge < -0.3 is 4.57 Å². The molecule has 0 amide bonds. The highest BCUT2D eigenvalue weighted by molar-refractivity contribution is 14.1. The molecule has 0 radical (unpaired) electrons. The largest absolute Gasteiger partial charge is 0.341 e. The van der Waals surface area contributed by atoms with E-state index in [4.69, 9.17) is 0 Å². The van der Waals surface area contributed by atoms with Crippen molar-refractivity contribution < 1.29 is 0 Å². The molecule has 3 heteroatoms. The van der Waals surface area contributed by atoms with Crippen molar-refractivity contribution in [3.05, 3.63) is 43.5 Å². The summed E-state index contributed by atoms with van der Waals surface area (Å²) in [5.41, 5.74) is 2.68. The summed E-state index contributed by atoms with van der Waals surface area (Å²) in [6.45, 7) is 3.22. The van der Waals surface area contributed by atoms with Gasteiger partial charge in [0.05, 0.1) is 5.52 Å². The number of rotatable bonds is 1. The average molecular weight is 447 g/mol. The number of hydrogen-bond donors (Lipinski definition) is 0.